The second-order valence-electron chi connectivity index (χ2n) is 5.81. The number of halogens is 1. The Morgan fingerprint density at radius 2 is 2.15 bits per heavy atom. The van der Waals surface area contributed by atoms with Crippen LogP contribution >= 0.6 is 11.6 Å². The van der Waals surface area contributed by atoms with Crippen molar-refractivity contribution in [3.8, 4) is 5.75 Å². The number of ether oxygens (including phenoxy) is 1. The van der Waals surface area contributed by atoms with Gasteiger partial charge < -0.3 is 10.1 Å². The van der Waals surface area contributed by atoms with Crippen LogP contribution in [-0.2, 0) is 0 Å². The summed E-state index contributed by atoms with van der Waals surface area (Å²) in [5.41, 5.74) is 0.594. The lowest BCUT2D eigenvalue weighted by Crippen LogP contribution is -2.37. The van der Waals surface area contributed by atoms with E-state index in [1.807, 2.05) is 0 Å². The van der Waals surface area contributed by atoms with Crippen LogP contribution in [0.2, 0.25) is 5.02 Å². The van der Waals surface area contributed by atoms with Crippen molar-refractivity contribution in [2.75, 3.05) is 7.11 Å². The van der Waals surface area contributed by atoms with E-state index in [0.717, 1.165) is 6.42 Å². The molecule has 20 heavy (non-hydrogen) atoms. The van der Waals surface area contributed by atoms with Crippen LogP contribution in [0.5, 0.6) is 5.75 Å². The van der Waals surface area contributed by atoms with Crippen LogP contribution in [0.4, 0.5) is 0 Å². The molecule has 1 saturated heterocycles. The summed E-state index contributed by atoms with van der Waals surface area (Å²) in [7, 11) is 1.59. The first kappa shape index (κ1) is 13.9. The fourth-order valence-electron chi connectivity index (χ4n) is 3.58. The van der Waals surface area contributed by atoms with Gasteiger partial charge in [-0.3, -0.25) is 4.79 Å². The first-order valence-corrected chi connectivity index (χ1v) is 7.70. The van der Waals surface area contributed by atoms with Gasteiger partial charge in [0, 0.05) is 11.1 Å². The predicted octanol–water partition coefficient (Wildman–Crippen LogP) is 3.45. The number of hydrogen-bond donors (Lipinski definition) is 1. The van der Waals surface area contributed by atoms with Gasteiger partial charge in [-0.05, 0) is 43.4 Å². The molecule has 4 heteroatoms. The standard InChI is InChI=1S/C16H20ClNO2/c1-20-15-7-6-11(17)9-12(15)16(19)14-8-10-4-2-3-5-13(10)18-14/h6-7,9-10,13-14,18H,2-5,8H2,1H3. The van der Waals surface area contributed by atoms with E-state index in [1.165, 1.54) is 25.7 Å². The molecule has 3 unspecified atom stereocenters. The van der Waals surface area contributed by atoms with Crippen molar-refractivity contribution in [3.05, 3.63) is 28.8 Å². The van der Waals surface area contributed by atoms with E-state index in [4.69, 9.17) is 16.3 Å². The highest BCUT2D eigenvalue weighted by molar-refractivity contribution is 6.31. The summed E-state index contributed by atoms with van der Waals surface area (Å²) in [6.07, 6.45) is 5.95. The predicted molar refractivity (Wildman–Crippen MR) is 79.6 cm³/mol. The highest BCUT2D eigenvalue weighted by Crippen LogP contribution is 2.35. The van der Waals surface area contributed by atoms with Gasteiger partial charge in [0.2, 0.25) is 0 Å². The van der Waals surface area contributed by atoms with Crippen molar-refractivity contribution < 1.29 is 9.53 Å². The topological polar surface area (TPSA) is 38.3 Å². The molecular formula is C16H20ClNO2. The van der Waals surface area contributed by atoms with E-state index in [-0.39, 0.29) is 11.8 Å². The third-order valence-corrected chi connectivity index (χ3v) is 4.84. The monoisotopic (exact) mass is 293 g/mol. The summed E-state index contributed by atoms with van der Waals surface area (Å²) in [6.45, 7) is 0. The summed E-state index contributed by atoms with van der Waals surface area (Å²) in [5.74, 6) is 1.37. The molecule has 0 aromatic heterocycles. The number of carbonyl (C=O) groups is 1. The molecule has 1 aliphatic carbocycles. The van der Waals surface area contributed by atoms with Crippen LogP contribution in [0.3, 0.4) is 0 Å². The normalized spacial score (nSPS) is 29.0. The number of carbonyl (C=O) groups excluding carboxylic acids is 1. The quantitative estimate of drug-likeness (QED) is 0.868. The molecule has 1 aliphatic heterocycles. The maximum Gasteiger partial charge on any atom is 0.183 e. The molecule has 3 rings (SSSR count). The van der Waals surface area contributed by atoms with Crippen LogP contribution < -0.4 is 10.1 Å². The minimum absolute atomic E-state index is 0.0875. The zero-order valence-corrected chi connectivity index (χ0v) is 12.5. The number of rotatable bonds is 3. The van der Waals surface area contributed by atoms with Gasteiger partial charge in [-0.1, -0.05) is 24.4 Å². The molecule has 0 bridgehead atoms. The molecule has 3 atom stereocenters. The molecule has 1 aromatic rings. The van der Waals surface area contributed by atoms with E-state index < -0.39 is 0 Å². The Labute approximate surface area is 124 Å². The minimum Gasteiger partial charge on any atom is -0.496 e. The Kier molecular flexibility index (Phi) is 3.99. The van der Waals surface area contributed by atoms with Gasteiger partial charge >= 0.3 is 0 Å². The Bertz CT molecular complexity index is 503. The van der Waals surface area contributed by atoms with Gasteiger partial charge in [0.1, 0.15) is 5.75 Å². The molecule has 1 aromatic carbocycles. The smallest absolute Gasteiger partial charge is 0.183 e. The van der Waals surface area contributed by atoms with Gasteiger partial charge in [-0.2, -0.15) is 0 Å². The van der Waals surface area contributed by atoms with E-state index in [9.17, 15) is 4.79 Å². The van der Waals surface area contributed by atoms with Crippen molar-refractivity contribution in [1.29, 1.82) is 0 Å². The number of methoxy groups -OCH3 is 1. The second kappa shape index (κ2) is 5.74. The summed E-state index contributed by atoms with van der Waals surface area (Å²) >= 11 is 6.02. The van der Waals surface area contributed by atoms with Gasteiger partial charge in [0.15, 0.2) is 5.78 Å². The van der Waals surface area contributed by atoms with Gasteiger partial charge in [0.05, 0.1) is 18.7 Å². The summed E-state index contributed by atoms with van der Waals surface area (Å²) in [5, 5.41) is 4.09. The summed E-state index contributed by atoms with van der Waals surface area (Å²) in [6, 6.07) is 5.65. The number of benzene rings is 1. The van der Waals surface area contributed by atoms with Gasteiger partial charge in [0.25, 0.3) is 0 Å². The largest absolute Gasteiger partial charge is 0.496 e. The Morgan fingerprint density at radius 3 is 2.90 bits per heavy atom. The summed E-state index contributed by atoms with van der Waals surface area (Å²) < 4.78 is 5.29. The van der Waals surface area contributed by atoms with E-state index in [2.05, 4.69) is 5.32 Å². The lowest BCUT2D eigenvalue weighted by molar-refractivity contribution is 0.0946. The third-order valence-electron chi connectivity index (χ3n) is 4.61. The van der Waals surface area contributed by atoms with Crippen LogP contribution in [0, 0.1) is 5.92 Å². The van der Waals surface area contributed by atoms with Crippen molar-refractivity contribution in [2.45, 2.75) is 44.2 Å². The maximum atomic E-state index is 12.7. The molecule has 0 radical (unpaired) electrons. The Hall–Kier alpha value is -1.06. The fraction of sp³-hybridized carbons (Fsp3) is 0.562. The third kappa shape index (κ3) is 2.57. The summed E-state index contributed by atoms with van der Waals surface area (Å²) in [4.78, 5) is 12.7. The van der Waals surface area contributed by atoms with E-state index in [1.54, 1.807) is 25.3 Å². The number of ketones is 1. The van der Waals surface area contributed by atoms with E-state index in [0.29, 0.717) is 28.3 Å². The number of hydrogen-bond acceptors (Lipinski definition) is 3. The van der Waals surface area contributed by atoms with Gasteiger partial charge in [-0.25, -0.2) is 0 Å². The highest BCUT2D eigenvalue weighted by atomic mass is 35.5. The molecule has 0 spiro atoms. The first-order chi connectivity index (χ1) is 9.69. The van der Waals surface area contributed by atoms with Crippen LogP contribution in [0.25, 0.3) is 0 Å². The number of nitrogens with one attached hydrogen (secondary N) is 1. The molecule has 1 heterocycles. The average Bonchev–Trinajstić information content (AvgIpc) is 2.90. The minimum atomic E-state index is -0.0875. The second-order valence-corrected chi connectivity index (χ2v) is 6.25. The molecule has 0 amide bonds. The zero-order valence-electron chi connectivity index (χ0n) is 11.7. The first-order valence-electron chi connectivity index (χ1n) is 7.33. The molecule has 2 fully saturated rings. The van der Waals surface area contributed by atoms with Crippen molar-refractivity contribution in [2.24, 2.45) is 5.92 Å². The SMILES string of the molecule is COc1ccc(Cl)cc1C(=O)C1CC2CCCCC2N1. The maximum absolute atomic E-state index is 12.7. The van der Waals surface area contributed by atoms with Crippen molar-refractivity contribution in [3.63, 3.8) is 0 Å². The lowest BCUT2D eigenvalue weighted by Gasteiger charge is -2.24. The molecule has 2 aliphatic rings. The fourth-order valence-corrected chi connectivity index (χ4v) is 3.75. The van der Waals surface area contributed by atoms with Crippen molar-refractivity contribution in [1.82, 2.24) is 5.32 Å². The zero-order chi connectivity index (χ0) is 14.1. The molecule has 3 nitrogen and oxygen atoms in total. The lowest BCUT2D eigenvalue weighted by atomic mass is 9.84. The number of Topliss-reactive ketones (excluding diaryl/α,β-unsaturated/α-hetero) is 1. The number of fused-ring (bicyclic) bond motifs is 1. The average molecular weight is 294 g/mol. The Balaban J connectivity index is 1.81. The molecule has 1 saturated carbocycles. The highest BCUT2D eigenvalue weighted by Gasteiger charge is 2.39. The van der Waals surface area contributed by atoms with Crippen molar-refractivity contribution >= 4 is 17.4 Å². The molecule has 108 valence electrons. The Morgan fingerprint density at radius 1 is 1.35 bits per heavy atom. The van der Waals surface area contributed by atoms with Gasteiger partial charge in [-0.15, -0.1) is 0 Å². The molecule has 1 N–H and O–H groups in total. The molecular weight excluding hydrogens is 274 g/mol. The van der Waals surface area contributed by atoms with E-state index >= 15 is 0 Å². The van der Waals surface area contributed by atoms with Crippen LogP contribution in [-0.4, -0.2) is 25.0 Å². The van der Waals surface area contributed by atoms with Crippen LogP contribution in [0.1, 0.15) is 42.5 Å². The van der Waals surface area contributed by atoms with Crippen LogP contribution in [0.15, 0.2) is 18.2 Å².